The van der Waals surface area contributed by atoms with Gasteiger partial charge in [-0.1, -0.05) is 18.0 Å². The van der Waals surface area contributed by atoms with Crippen molar-refractivity contribution in [2.45, 2.75) is 24.2 Å². The van der Waals surface area contributed by atoms with Crippen molar-refractivity contribution < 1.29 is 0 Å². The Morgan fingerprint density at radius 2 is 1.79 bits per heavy atom. The maximum absolute atomic E-state index is 5.80. The van der Waals surface area contributed by atoms with Gasteiger partial charge in [0.15, 0.2) is 0 Å². The van der Waals surface area contributed by atoms with Crippen molar-refractivity contribution in [1.82, 2.24) is 0 Å². The summed E-state index contributed by atoms with van der Waals surface area (Å²) in [5.74, 6) is 2.20. The van der Waals surface area contributed by atoms with Gasteiger partial charge in [-0.3, -0.25) is 0 Å². The molecule has 14 heavy (non-hydrogen) atoms. The summed E-state index contributed by atoms with van der Waals surface area (Å²) in [7, 11) is 0. The number of rotatable bonds is 6. The highest BCUT2D eigenvalue weighted by molar-refractivity contribution is 7.99. The normalized spacial score (nSPS) is 10.4. The van der Waals surface area contributed by atoms with Crippen LogP contribution in [-0.4, -0.2) is 11.5 Å². The van der Waals surface area contributed by atoms with Crippen molar-refractivity contribution in [2.24, 2.45) is 0 Å². The van der Waals surface area contributed by atoms with Gasteiger partial charge in [0, 0.05) is 9.92 Å². The Morgan fingerprint density at radius 3 is 2.43 bits per heavy atom. The van der Waals surface area contributed by atoms with Crippen molar-refractivity contribution in [2.75, 3.05) is 11.5 Å². The van der Waals surface area contributed by atoms with Gasteiger partial charge in [-0.2, -0.15) is 12.6 Å². The minimum atomic E-state index is 0.810. The van der Waals surface area contributed by atoms with Gasteiger partial charge in [0.1, 0.15) is 0 Å². The molecular formula is C11H15ClS2. The van der Waals surface area contributed by atoms with Gasteiger partial charge in [-0.15, -0.1) is 11.8 Å². The second kappa shape index (κ2) is 7.49. The number of thiol groups is 1. The van der Waals surface area contributed by atoms with Crippen LogP contribution in [0.1, 0.15) is 19.3 Å². The summed E-state index contributed by atoms with van der Waals surface area (Å²) in [6.45, 7) is 0. The molecule has 3 heteroatoms. The molecule has 1 aromatic carbocycles. The van der Waals surface area contributed by atoms with Crippen LogP contribution in [0.3, 0.4) is 0 Å². The molecule has 0 radical (unpaired) electrons. The van der Waals surface area contributed by atoms with Crippen LogP contribution in [0.4, 0.5) is 0 Å². The summed E-state index contributed by atoms with van der Waals surface area (Å²) in [5.41, 5.74) is 0. The first-order valence-corrected chi connectivity index (χ1v) is 6.82. The molecule has 0 spiro atoms. The molecule has 0 N–H and O–H groups in total. The lowest BCUT2D eigenvalue weighted by Gasteiger charge is -2.01. The molecular weight excluding hydrogens is 232 g/mol. The first kappa shape index (κ1) is 12.3. The van der Waals surface area contributed by atoms with Gasteiger partial charge in [-0.25, -0.2) is 0 Å². The van der Waals surface area contributed by atoms with Crippen molar-refractivity contribution in [3.05, 3.63) is 29.3 Å². The smallest absolute Gasteiger partial charge is 0.0406 e. The fraction of sp³-hybridized carbons (Fsp3) is 0.455. The van der Waals surface area contributed by atoms with Crippen LogP contribution < -0.4 is 0 Å². The van der Waals surface area contributed by atoms with E-state index in [2.05, 4.69) is 24.8 Å². The lowest BCUT2D eigenvalue weighted by Crippen LogP contribution is -1.82. The number of thioether (sulfide) groups is 1. The Labute approximate surface area is 101 Å². The molecule has 0 unspecified atom stereocenters. The van der Waals surface area contributed by atoms with Gasteiger partial charge in [-0.05, 0) is 48.6 Å². The van der Waals surface area contributed by atoms with E-state index in [1.165, 1.54) is 29.9 Å². The van der Waals surface area contributed by atoms with E-state index in [1.807, 2.05) is 23.9 Å². The fourth-order valence-electron chi connectivity index (χ4n) is 1.11. The second-order valence-corrected chi connectivity index (χ2v) is 5.14. The van der Waals surface area contributed by atoms with Crippen LogP contribution in [0.15, 0.2) is 29.2 Å². The highest BCUT2D eigenvalue weighted by Crippen LogP contribution is 2.21. The molecule has 0 amide bonds. The number of benzene rings is 1. The highest BCUT2D eigenvalue weighted by Gasteiger charge is 1.94. The Balaban J connectivity index is 2.15. The van der Waals surface area contributed by atoms with Crippen LogP contribution in [0.5, 0.6) is 0 Å². The molecule has 0 bridgehead atoms. The first-order valence-electron chi connectivity index (χ1n) is 4.82. The zero-order chi connectivity index (χ0) is 10.2. The number of unbranched alkanes of at least 4 members (excludes halogenated alkanes) is 2. The van der Waals surface area contributed by atoms with E-state index in [1.54, 1.807) is 0 Å². The quantitative estimate of drug-likeness (QED) is 0.437. The van der Waals surface area contributed by atoms with E-state index in [4.69, 9.17) is 11.6 Å². The van der Waals surface area contributed by atoms with Crippen molar-refractivity contribution >= 4 is 36.0 Å². The zero-order valence-electron chi connectivity index (χ0n) is 8.08. The lowest BCUT2D eigenvalue weighted by molar-refractivity contribution is 0.787. The molecule has 0 fully saturated rings. The highest BCUT2D eigenvalue weighted by atomic mass is 35.5. The first-order chi connectivity index (χ1) is 6.83. The van der Waals surface area contributed by atoms with E-state index in [0.29, 0.717) is 0 Å². The minimum absolute atomic E-state index is 0.810. The molecule has 1 rings (SSSR count). The molecule has 0 aliphatic heterocycles. The largest absolute Gasteiger partial charge is 0.179 e. The third kappa shape index (κ3) is 5.18. The molecule has 0 aliphatic rings. The molecule has 0 atom stereocenters. The van der Waals surface area contributed by atoms with Crippen LogP contribution in [0.25, 0.3) is 0 Å². The third-order valence-electron chi connectivity index (χ3n) is 1.88. The Hall–Kier alpha value is 0.210. The lowest BCUT2D eigenvalue weighted by atomic mass is 10.3. The standard InChI is InChI=1S/C11H15ClS2/c12-10-4-6-11(7-5-10)14-9-3-1-2-8-13/h4-7,13H,1-3,8-9H2. The van der Waals surface area contributed by atoms with Gasteiger partial charge in [0.05, 0.1) is 0 Å². The number of halogens is 1. The fourth-order valence-corrected chi connectivity index (χ4v) is 2.37. The summed E-state index contributed by atoms with van der Waals surface area (Å²) in [6, 6.07) is 8.03. The molecule has 0 saturated heterocycles. The van der Waals surface area contributed by atoms with E-state index < -0.39 is 0 Å². The third-order valence-corrected chi connectivity index (χ3v) is 3.55. The van der Waals surface area contributed by atoms with Crippen LogP contribution in [0, 0.1) is 0 Å². The summed E-state index contributed by atoms with van der Waals surface area (Å²) in [6.07, 6.45) is 3.78. The Morgan fingerprint density at radius 1 is 1.07 bits per heavy atom. The van der Waals surface area contributed by atoms with E-state index in [0.717, 1.165) is 10.8 Å². The molecule has 0 nitrogen and oxygen atoms in total. The number of hydrogen-bond acceptors (Lipinski definition) is 2. The SMILES string of the molecule is SCCCCCSc1ccc(Cl)cc1. The topological polar surface area (TPSA) is 0 Å². The van der Waals surface area contributed by atoms with Gasteiger partial charge < -0.3 is 0 Å². The van der Waals surface area contributed by atoms with Crippen LogP contribution in [0.2, 0.25) is 5.02 Å². The molecule has 0 saturated carbocycles. The summed E-state index contributed by atoms with van der Waals surface area (Å²) in [4.78, 5) is 1.31. The van der Waals surface area contributed by atoms with Gasteiger partial charge in [0.2, 0.25) is 0 Å². The average molecular weight is 247 g/mol. The average Bonchev–Trinajstić information content (AvgIpc) is 2.21. The molecule has 0 aliphatic carbocycles. The second-order valence-electron chi connectivity index (χ2n) is 3.09. The van der Waals surface area contributed by atoms with Crippen molar-refractivity contribution in [3.63, 3.8) is 0 Å². The maximum Gasteiger partial charge on any atom is 0.0406 e. The minimum Gasteiger partial charge on any atom is -0.179 e. The van der Waals surface area contributed by atoms with E-state index in [9.17, 15) is 0 Å². The molecule has 0 heterocycles. The number of hydrogen-bond donors (Lipinski definition) is 1. The Bertz CT molecular complexity index is 246. The molecule has 78 valence electrons. The van der Waals surface area contributed by atoms with Crippen molar-refractivity contribution in [3.8, 4) is 0 Å². The van der Waals surface area contributed by atoms with Crippen LogP contribution in [-0.2, 0) is 0 Å². The predicted octanol–water partition coefficient (Wildman–Crippen LogP) is 4.53. The molecule has 1 aromatic rings. The molecule has 0 aromatic heterocycles. The zero-order valence-corrected chi connectivity index (χ0v) is 10.5. The van der Waals surface area contributed by atoms with Crippen molar-refractivity contribution in [1.29, 1.82) is 0 Å². The van der Waals surface area contributed by atoms with Gasteiger partial charge >= 0.3 is 0 Å². The van der Waals surface area contributed by atoms with E-state index in [-0.39, 0.29) is 0 Å². The summed E-state index contributed by atoms with van der Waals surface area (Å²) in [5, 5.41) is 0.810. The summed E-state index contributed by atoms with van der Waals surface area (Å²) < 4.78 is 0. The summed E-state index contributed by atoms with van der Waals surface area (Å²) >= 11 is 11.9. The monoisotopic (exact) mass is 246 g/mol. The Kier molecular flexibility index (Phi) is 6.57. The van der Waals surface area contributed by atoms with Crippen LogP contribution >= 0.6 is 36.0 Å². The van der Waals surface area contributed by atoms with E-state index >= 15 is 0 Å². The predicted molar refractivity (Wildman–Crippen MR) is 69.9 cm³/mol. The maximum atomic E-state index is 5.80. The van der Waals surface area contributed by atoms with Gasteiger partial charge in [0.25, 0.3) is 0 Å².